The summed E-state index contributed by atoms with van der Waals surface area (Å²) in [5.74, 6) is 6.30. The number of carbonyl (C=O) groups excluding carboxylic acids is 3. The predicted molar refractivity (Wildman–Crippen MR) is 122 cm³/mol. The number of hydrogen-bond acceptors (Lipinski definition) is 5. The van der Waals surface area contributed by atoms with E-state index in [4.69, 9.17) is 4.74 Å². The number of amides is 2. The summed E-state index contributed by atoms with van der Waals surface area (Å²) in [5, 5.41) is 3.78. The molecule has 3 rings (SSSR count). The predicted octanol–water partition coefficient (Wildman–Crippen LogP) is 3.05. The minimum atomic E-state index is -1.64. The summed E-state index contributed by atoms with van der Waals surface area (Å²) in [6.45, 7) is 4.33. The van der Waals surface area contributed by atoms with Crippen molar-refractivity contribution in [3.8, 4) is 0 Å². The van der Waals surface area contributed by atoms with Gasteiger partial charge in [0, 0.05) is 0 Å². The van der Waals surface area contributed by atoms with Crippen molar-refractivity contribution < 1.29 is 19.1 Å². The van der Waals surface area contributed by atoms with Gasteiger partial charge in [0.15, 0.2) is 0 Å². The third kappa shape index (κ3) is 5.22. The molecule has 6 nitrogen and oxygen atoms in total. The van der Waals surface area contributed by atoms with Gasteiger partial charge in [-0.15, -0.1) is 0 Å². The molecule has 0 spiro atoms. The van der Waals surface area contributed by atoms with Crippen molar-refractivity contribution in [2.45, 2.75) is 71.4 Å². The molecule has 1 aromatic rings. The summed E-state index contributed by atoms with van der Waals surface area (Å²) in [6.07, 6.45) is 1.11. The second-order valence-electron chi connectivity index (χ2n) is 9.80. The molecule has 3 unspecified atom stereocenters. The van der Waals surface area contributed by atoms with Crippen LogP contribution in [0.5, 0.6) is 0 Å². The number of benzene rings is 1. The number of nitrogens with zero attached hydrogens (tertiary/aromatic N) is 1. The van der Waals surface area contributed by atoms with Crippen LogP contribution in [0.2, 0.25) is 22.5 Å². The standard InChI is InChI=1S/C22H32GeN2O4S/c1-22(2)18(21(28)29-13-9-12-23(3,4)5)25-19(27)17(20(25)30-22)24-16(26)14-15-10-7-6-8-11-15/h6-8,10-11,17-18,20H,9,12-14H2,1-5H3,(H,24,26). The molecule has 2 heterocycles. The van der Waals surface area contributed by atoms with Crippen LogP contribution in [0.3, 0.4) is 0 Å². The molecule has 2 amide bonds. The van der Waals surface area contributed by atoms with E-state index in [2.05, 4.69) is 22.6 Å². The van der Waals surface area contributed by atoms with Crippen molar-refractivity contribution >= 4 is 42.8 Å². The average molecular weight is 493 g/mol. The van der Waals surface area contributed by atoms with Gasteiger partial charge in [0.1, 0.15) is 0 Å². The number of rotatable bonds is 8. The number of hydrogen-bond donors (Lipinski definition) is 1. The van der Waals surface area contributed by atoms with Gasteiger partial charge in [-0.2, -0.15) is 0 Å². The normalized spacial score (nSPS) is 24.8. The van der Waals surface area contributed by atoms with Crippen LogP contribution < -0.4 is 5.32 Å². The zero-order valence-corrected chi connectivity index (χ0v) is 21.4. The molecule has 0 aromatic heterocycles. The van der Waals surface area contributed by atoms with Crippen LogP contribution in [0.4, 0.5) is 0 Å². The number of nitrogens with one attached hydrogen (secondary N) is 1. The van der Waals surface area contributed by atoms with Crippen molar-refractivity contribution in [1.29, 1.82) is 0 Å². The number of esters is 1. The monoisotopic (exact) mass is 494 g/mol. The van der Waals surface area contributed by atoms with Gasteiger partial charge in [-0.3, -0.25) is 0 Å². The quantitative estimate of drug-likeness (QED) is 0.261. The third-order valence-electron chi connectivity index (χ3n) is 5.50. The Balaban J connectivity index is 1.56. The number of ether oxygens (including phenoxy) is 1. The fourth-order valence-corrected chi connectivity index (χ4v) is 8.14. The summed E-state index contributed by atoms with van der Waals surface area (Å²) in [7, 11) is 0. The van der Waals surface area contributed by atoms with Crippen molar-refractivity contribution in [2.24, 2.45) is 0 Å². The molecule has 3 atom stereocenters. The Morgan fingerprint density at radius 2 is 1.87 bits per heavy atom. The first-order chi connectivity index (χ1) is 14.0. The van der Waals surface area contributed by atoms with Crippen LogP contribution in [0.15, 0.2) is 30.3 Å². The summed E-state index contributed by atoms with van der Waals surface area (Å²) < 4.78 is 5.09. The van der Waals surface area contributed by atoms with Crippen molar-refractivity contribution in [3.63, 3.8) is 0 Å². The van der Waals surface area contributed by atoms with E-state index in [1.807, 2.05) is 44.2 Å². The molecule has 0 bridgehead atoms. The van der Waals surface area contributed by atoms with Gasteiger partial charge in [-0.25, -0.2) is 0 Å². The Labute approximate surface area is 185 Å². The molecule has 2 aliphatic rings. The summed E-state index contributed by atoms with van der Waals surface area (Å²) in [6, 6.07) is 8.24. The van der Waals surface area contributed by atoms with Crippen molar-refractivity contribution in [3.05, 3.63) is 35.9 Å². The van der Waals surface area contributed by atoms with E-state index >= 15 is 0 Å². The van der Waals surface area contributed by atoms with E-state index in [1.54, 1.807) is 16.7 Å². The molecule has 8 heteroatoms. The van der Waals surface area contributed by atoms with Crippen molar-refractivity contribution in [2.75, 3.05) is 6.61 Å². The molecule has 2 fully saturated rings. The van der Waals surface area contributed by atoms with E-state index < -0.39 is 30.1 Å². The van der Waals surface area contributed by atoms with Gasteiger partial charge in [-0.05, 0) is 5.56 Å². The molecule has 164 valence electrons. The molecule has 1 aromatic carbocycles. The van der Waals surface area contributed by atoms with E-state index in [0.29, 0.717) is 6.61 Å². The molecule has 0 aliphatic carbocycles. The van der Waals surface area contributed by atoms with E-state index in [0.717, 1.165) is 17.2 Å². The topological polar surface area (TPSA) is 75.7 Å². The van der Waals surface area contributed by atoms with E-state index in [-0.39, 0.29) is 29.6 Å². The number of thioether (sulfide) groups is 1. The van der Waals surface area contributed by atoms with Gasteiger partial charge in [0.2, 0.25) is 0 Å². The Bertz CT molecular complexity index is 809. The van der Waals surface area contributed by atoms with Crippen LogP contribution in [0, 0.1) is 0 Å². The fraction of sp³-hybridized carbons (Fsp3) is 0.591. The maximum atomic E-state index is 12.8. The van der Waals surface area contributed by atoms with Gasteiger partial charge in [-0.1, -0.05) is 30.3 Å². The second-order valence-corrected chi connectivity index (χ2v) is 23.4. The van der Waals surface area contributed by atoms with Crippen LogP contribution in [0.1, 0.15) is 25.8 Å². The molecular weight excluding hydrogens is 461 g/mol. The average Bonchev–Trinajstić information content (AvgIpc) is 2.91. The fourth-order valence-electron chi connectivity index (χ4n) is 3.99. The number of carbonyl (C=O) groups is 3. The van der Waals surface area contributed by atoms with Crippen LogP contribution >= 0.6 is 11.8 Å². The van der Waals surface area contributed by atoms with E-state index in [9.17, 15) is 14.4 Å². The Hall–Kier alpha value is -1.48. The van der Waals surface area contributed by atoms with Gasteiger partial charge >= 0.3 is 150 Å². The molecule has 30 heavy (non-hydrogen) atoms. The van der Waals surface area contributed by atoms with Crippen LogP contribution in [-0.2, 0) is 25.5 Å². The number of fused-ring (bicyclic) bond motifs is 1. The maximum absolute atomic E-state index is 12.8. The zero-order chi connectivity index (χ0) is 22.1. The minimum absolute atomic E-state index is 0.184. The van der Waals surface area contributed by atoms with Gasteiger partial charge in [0.25, 0.3) is 0 Å². The van der Waals surface area contributed by atoms with E-state index in [1.165, 1.54) is 0 Å². The van der Waals surface area contributed by atoms with Gasteiger partial charge in [0.05, 0.1) is 0 Å². The molecule has 1 N–H and O–H groups in total. The van der Waals surface area contributed by atoms with Crippen molar-refractivity contribution in [1.82, 2.24) is 10.2 Å². The Kier molecular flexibility index (Phi) is 6.92. The summed E-state index contributed by atoms with van der Waals surface area (Å²) >= 11 is -0.0861. The number of β-lactam (4-membered cyclic amide) rings is 1. The van der Waals surface area contributed by atoms with Crippen LogP contribution in [-0.4, -0.2) is 64.8 Å². The first-order valence-corrected chi connectivity index (χ1v) is 19.2. The summed E-state index contributed by atoms with van der Waals surface area (Å²) in [5.41, 5.74) is 0.902. The Morgan fingerprint density at radius 3 is 2.50 bits per heavy atom. The van der Waals surface area contributed by atoms with Crippen LogP contribution in [0.25, 0.3) is 0 Å². The SMILES string of the molecule is CC1(C)SC2C(NC(=O)Cc3ccccc3)C(=O)N2C1C(=O)OCC[CH2][Ge]([CH3])([CH3])[CH3]. The molecule has 0 saturated carbocycles. The van der Waals surface area contributed by atoms with Gasteiger partial charge < -0.3 is 0 Å². The Morgan fingerprint density at radius 1 is 1.20 bits per heavy atom. The third-order valence-corrected chi connectivity index (χ3v) is 11.0. The molecular formula is C22H32GeN2O4S. The summed E-state index contributed by atoms with van der Waals surface area (Å²) in [4.78, 5) is 39.6. The molecule has 0 radical (unpaired) electrons. The molecule has 2 aliphatic heterocycles. The second kappa shape index (κ2) is 8.95. The first kappa shape index (κ1) is 23.2. The zero-order valence-electron chi connectivity index (χ0n) is 18.4. The molecule has 2 saturated heterocycles. The first-order valence-electron chi connectivity index (χ1n) is 10.5.